The van der Waals surface area contributed by atoms with Crippen molar-refractivity contribution in [3.63, 3.8) is 0 Å². The summed E-state index contributed by atoms with van der Waals surface area (Å²) in [5.74, 6) is -1.26. The van der Waals surface area contributed by atoms with Crippen LogP contribution in [-0.2, 0) is 19.1 Å². The average Bonchev–Trinajstić information content (AvgIpc) is 3.23. The van der Waals surface area contributed by atoms with E-state index in [1.54, 1.807) is 0 Å². The maximum absolute atomic E-state index is 12.9. The van der Waals surface area contributed by atoms with Gasteiger partial charge in [-0.05, 0) is 116 Å². The Bertz CT molecular complexity index is 1080. The smallest absolute Gasteiger partial charge is 0.326 e. The molecule has 0 aromatic carbocycles. The summed E-state index contributed by atoms with van der Waals surface area (Å²) < 4.78 is 6.06. The number of aliphatic carboxylic acids is 1. The van der Waals surface area contributed by atoms with Gasteiger partial charge < -0.3 is 20.9 Å². The summed E-state index contributed by atoms with van der Waals surface area (Å²) in [6.07, 6.45) is 58.8. The number of rotatable bonds is 46. The molecule has 2 atom stereocenters. The third-order valence-electron chi connectivity index (χ3n) is 11.4. The normalized spacial score (nSPS) is 13.0. The van der Waals surface area contributed by atoms with E-state index < -0.39 is 12.0 Å². The van der Waals surface area contributed by atoms with Crippen LogP contribution in [0.15, 0.2) is 48.6 Å². The van der Waals surface area contributed by atoms with Crippen LogP contribution in [0.1, 0.15) is 251 Å². The van der Waals surface area contributed by atoms with Crippen LogP contribution in [0.25, 0.3) is 0 Å². The molecule has 0 rings (SSSR count). The number of allylic oxidation sites excluding steroid dienone is 8. The van der Waals surface area contributed by atoms with Crippen LogP contribution in [-0.4, -0.2) is 41.6 Å². The third kappa shape index (κ3) is 43.4. The second kappa shape index (κ2) is 47.4. The summed E-state index contributed by atoms with van der Waals surface area (Å²) >= 11 is 0. The van der Waals surface area contributed by atoms with Gasteiger partial charge in [0.1, 0.15) is 12.1 Å². The third-order valence-corrected chi connectivity index (χ3v) is 11.4. The molecule has 60 heavy (non-hydrogen) atoms. The van der Waals surface area contributed by atoms with E-state index in [4.69, 9.17) is 10.5 Å². The van der Waals surface area contributed by atoms with E-state index in [0.717, 1.165) is 96.3 Å². The van der Waals surface area contributed by atoms with Crippen molar-refractivity contribution < 1.29 is 24.2 Å². The lowest BCUT2D eigenvalue weighted by molar-refractivity contribution is -0.150. The molecule has 0 saturated carbocycles. The molecule has 0 spiro atoms. The highest BCUT2D eigenvalue weighted by molar-refractivity contribution is 5.83. The Labute approximate surface area is 370 Å². The lowest BCUT2D eigenvalue weighted by Crippen LogP contribution is -2.40. The van der Waals surface area contributed by atoms with E-state index >= 15 is 0 Å². The van der Waals surface area contributed by atoms with Gasteiger partial charge in [-0.1, -0.05) is 178 Å². The molecule has 0 aliphatic rings. The molecule has 7 nitrogen and oxygen atoms in total. The minimum Gasteiger partial charge on any atom is -0.480 e. The van der Waals surface area contributed by atoms with E-state index in [1.807, 2.05) is 0 Å². The topological polar surface area (TPSA) is 119 Å². The number of carboxylic acid groups (broad SMARTS) is 1. The Morgan fingerprint density at radius 1 is 0.483 bits per heavy atom. The molecule has 0 fully saturated rings. The summed E-state index contributed by atoms with van der Waals surface area (Å²) in [5.41, 5.74) is 5.50. The molecule has 0 aliphatic heterocycles. The van der Waals surface area contributed by atoms with E-state index in [-0.39, 0.29) is 18.0 Å². The zero-order chi connectivity index (χ0) is 43.8. The van der Waals surface area contributed by atoms with Crippen LogP contribution in [0.5, 0.6) is 0 Å². The first-order valence-electron chi connectivity index (χ1n) is 25.5. The fourth-order valence-corrected chi connectivity index (χ4v) is 7.52. The molecule has 4 N–H and O–H groups in total. The highest BCUT2D eigenvalue weighted by atomic mass is 16.5. The quantitative estimate of drug-likeness (QED) is 0.0319. The Balaban J connectivity index is 4.32. The Morgan fingerprint density at radius 3 is 1.38 bits per heavy atom. The van der Waals surface area contributed by atoms with Gasteiger partial charge in [-0.25, -0.2) is 4.79 Å². The van der Waals surface area contributed by atoms with Crippen LogP contribution in [0.2, 0.25) is 0 Å². The molecular weight excluding hydrogens is 745 g/mol. The Kier molecular flexibility index (Phi) is 45.3. The van der Waals surface area contributed by atoms with Crippen molar-refractivity contribution in [1.82, 2.24) is 5.32 Å². The molecule has 2 unspecified atom stereocenters. The number of nitrogens with one attached hydrogen (secondary N) is 1. The lowest BCUT2D eigenvalue weighted by Gasteiger charge is -2.18. The lowest BCUT2D eigenvalue weighted by atomic mass is 10.0. The van der Waals surface area contributed by atoms with Gasteiger partial charge in [-0.3, -0.25) is 9.59 Å². The van der Waals surface area contributed by atoms with Crippen LogP contribution < -0.4 is 11.1 Å². The first-order chi connectivity index (χ1) is 29.4. The van der Waals surface area contributed by atoms with Crippen molar-refractivity contribution in [1.29, 1.82) is 0 Å². The van der Waals surface area contributed by atoms with Crippen molar-refractivity contribution in [3.05, 3.63) is 48.6 Å². The molecule has 348 valence electrons. The van der Waals surface area contributed by atoms with Crippen LogP contribution >= 0.6 is 0 Å². The minimum absolute atomic E-state index is 0.0267. The second-order valence-corrected chi connectivity index (χ2v) is 17.2. The molecule has 0 bridgehead atoms. The molecule has 0 aromatic heterocycles. The van der Waals surface area contributed by atoms with Crippen molar-refractivity contribution in [3.8, 4) is 0 Å². The summed E-state index contributed by atoms with van der Waals surface area (Å²) in [5, 5.41) is 12.0. The number of nitrogens with two attached hydrogens (primary N) is 1. The predicted octanol–water partition coefficient (Wildman–Crippen LogP) is 15.1. The van der Waals surface area contributed by atoms with E-state index in [1.165, 1.54) is 116 Å². The van der Waals surface area contributed by atoms with E-state index in [0.29, 0.717) is 32.2 Å². The molecule has 0 saturated heterocycles. The summed E-state index contributed by atoms with van der Waals surface area (Å²) in [6.45, 7) is 4.94. The maximum atomic E-state index is 12.9. The van der Waals surface area contributed by atoms with Gasteiger partial charge in [-0.2, -0.15) is 0 Å². The number of hydrogen-bond donors (Lipinski definition) is 3. The molecule has 7 heteroatoms. The van der Waals surface area contributed by atoms with E-state index in [9.17, 15) is 19.5 Å². The number of amides is 1. The fourth-order valence-electron chi connectivity index (χ4n) is 7.52. The largest absolute Gasteiger partial charge is 0.480 e. The highest BCUT2D eigenvalue weighted by Crippen LogP contribution is 2.18. The molecule has 0 aromatic rings. The number of carboxylic acids is 1. The number of esters is 1. The van der Waals surface area contributed by atoms with Crippen LogP contribution in [0.4, 0.5) is 0 Å². The second-order valence-electron chi connectivity index (χ2n) is 17.2. The number of carbonyl (C=O) groups excluding carboxylic acids is 2. The SMILES string of the molecule is CCCCCCC/C=C\C/C=C\C/C=C\CCCCCCCCC(=O)OC(CCC/C=C\CCCCCCCCCC)CCCCCCCC(=O)NC(CCCN)C(=O)O. The van der Waals surface area contributed by atoms with Crippen molar-refractivity contribution >= 4 is 17.8 Å². The number of carbonyl (C=O) groups is 3. The Hall–Kier alpha value is -2.67. The summed E-state index contributed by atoms with van der Waals surface area (Å²) in [6, 6.07) is -0.862. The number of hydrogen-bond acceptors (Lipinski definition) is 5. The standard InChI is InChI=1S/C53H96N2O5/c1-3-5-7-9-11-13-15-17-18-19-20-21-22-23-24-26-28-30-32-37-41-47-52(57)60-49(43-38-34-31-29-27-25-16-14-12-10-8-6-4-2)44-39-35-33-36-40-46-51(56)55-50(53(58)59)45-42-48-54/h15,17,19-20,22-23,29,31,49-50H,3-14,16,18,21,24-28,30,32-48,54H2,1-2H3,(H,55,56)(H,58,59)/b17-15-,20-19-,23-22-,31-29-. The number of unbranched alkanes of at least 4 members (excludes halogenated alkanes) is 24. The summed E-state index contributed by atoms with van der Waals surface area (Å²) in [7, 11) is 0. The molecular formula is C53H96N2O5. The molecule has 0 radical (unpaired) electrons. The number of ether oxygens (including phenoxy) is 1. The fraction of sp³-hybridized carbons (Fsp3) is 0.792. The minimum atomic E-state index is -1.01. The molecule has 0 aliphatic carbocycles. The average molecular weight is 841 g/mol. The highest BCUT2D eigenvalue weighted by Gasteiger charge is 2.19. The van der Waals surface area contributed by atoms with Crippen LogP contribution in [0, 0.1) is 0 Å². The zero-order valence-corrected chi connectivity index (χ0v) is 39.3. The van der Waals surface area contributed by atoms with Gasteiger partial charge in [0.25, 0.3) is 0 Å². The zero-order valence-electron chi connectivity index (χ0n) is 39.3. The molecule has 1 amide bonds. The van der Waals surface area contributed by atoms with Gasteiger partial charge in [0.05, 0.1) is 0 Å². The molecule has 0 heterocycles. The first-order valence-corrected chi connectivity index (χ1v) is 25.5. The van der Waals surface area contributed by atoms with Gasteiger partial charge >= 0.3 is 11.9 Å². The van der Waals surface area contributed by atoms with Gasteiger partial charge in [-0.15, -0.1) is 0 Å². The summed E-state index contributed by atoms with van der Waals surface area (Å²) in [4.78, 5) is 36.5. The van der Waals surface area contributed by atoms with Gasteiger partial charge in [0, 0.05) is 12.8 Å². The van der Waals surface area contributed by atoms with Gasteiger partial charge in [0.15, 0.2) is 0 Å². The van der Waals surface area contributed by atoms with Crippen molar-refractivity contribution in [2.45, 2.75) is 264 Å². The predicted molar refractivity (Wildman–Crippen MR) is 257 cm³/mol. The van der Waals surface area contributed by atoms with Crippen molar-refractivity contribution in [2.24, 2.45) is 5.73 Å². The maximum Gasteiger partial charge on any atom is 0.326 e. The van der Waals surface area contributed by atoms with Crippen molar-refractivity contribution in [2.75, 3.05) is 6.54 Å². The van der Waals surface area contributed by atoms with Gasteiger partial charge in [0.2, 0.25) is 5.91 Å². The monoisotopic (exact) mass is 841 g/mol. The Morgan fingerprint density at radius 2 is 0.883 bits per heavy atom. The van der Waals surface area contributed by atoms with Crippen LogP contribution in [0.3, 0.4) is 0 Å². The first kappa shape index (κ1) is 57.3. The van der Waals surface area contributed by atoms with E-state index in [2.05, 4.69) is 67.8 Å².